The fourth-order valence-electron chi connectivity index (χ4n) is 3.12. The number of rotatable bonds is 2. The molecule has 3 nitrogen and oxygen atoms in total. The van der Waals surface area contributed by atoms with Crippen molar-refractivity contribution >= 4 is 44.2 Å². The lowest BCUT2D eigenvalue weighted by Crippen LogP contribution is -2.18. The smallest absolute Gasteiger partial charge is 0.177 e. The molecule has 0 amide bonds. The van der Waals surface area contributed by atoms with E-state index in [1.807, 2.05) is 19.1 Å². The van der Waals surface area contributed by atoms with Crippen molar-refractivity contribution in [2.45, 2.75) is 13.2 Å². The van der Waals surface area contributed by atoms with Crippen LogP contribution in [-0.4, -0.2) is 16.2 Å². The molecule has 116 valence electrons. The first-order valence-electron chi connectivity index (χ1n) is 7.29. The van der Waals surface area contributed by atoms with Crippen LogP contribution in [0.3, 0.4) is 0 Å². The minimum atomic E-state index is -0.141. The number of alkyl halides is 1. The van der Waals surface area contributed by atoms with Crippen LogP contribution in [0.1, 0.15) is 23.5 Å². The fourth-order valence-corrected chi connectivity index (χ4v) is 3.66. The molecule has 1 aliphatic heterocycles. The van der Waals surface area contributed by atoms with E-state index in [9.17, 15) is 4.79 Å². The van der Waals surface area contributed by atoms with Gasteiger partial charge in [-0.2, -0.15) is 0 Å². The van der Waals surface area contributed by atoms with E-state index in [1.165, 1.54) is 0 Å². The van der Waals surface area contributed by atoms with E-state index in [4.69, 9.17) is 16.3 Å². The highest BCUT2D eigenvalue weighted by atomic mass is 79.9. The molecule has 0 fully saturated rings. The minimum Gasteiger partial charge on any atom is -0.470 e. The molecule has 2 heterocycles. The van der Waals surface area contributed by atoms with Gasteiger partial charge in [-0.25, -0.2) is 0 Å². The monoisotopic (exact) mass is 389 g/mol. The molecule has 0 saturated carbocycles. The second-order valence-electron chi connectivity index (χ2n) is 5.59. The lowest BCUT2D eigenvalue weighted by molar-refractivity contribution is 0.101. The van der Waals surface area contributed by atoms with E-state index in [0.717, 1.165) is 32.4 Å². The summed E-state index contributed by atoms with van der Waals surface area (Å²) in [5.74, 6) is 0.603. The number of hydrogen-bond acceptors (Lipinski definition) is 2. The molecule has 0 saturated heterocycles. The number of halogens is 2. The molecule has 1 atom stereocenters. The number of hydrogen-bond donors (Lipinski definition) is 0. The standard InChI is InChI=1S/C18H13BrClNO2/c1-10-21-15-5-3-13(19)6-12(15)7-16(21)14-4-2-11(17(22)9-20)8-18(14)23-10/h2-8,10H,9H2,1H3. The predicted octanol–water partition coefficient (Wildman–Crippen LogP) is 5.40. The Morgan fingerprint density at radius 3 is 2.87 bits per heavy atom. The van der Waals surface area contributed by atoms with Crippen LogP contribution in [0.2, 0.25) is 0 Å². The van der Waals surface area contributed by atoms with Crippen molar-refractivity contribution in [1.82, 2.24) is 4.57 Å². The molecular weight excluding hydrogens is 378 g/mol. The Labute approximate surface area is 146 Å². The number of Topliss-reactive ketones (excluding diaryl/α,β-unsaturated/α-hetero) is 1. The lowest BCUT2D eigenvalue weighted by atomic mass is 10.0. The van der Waals surface area contributed by atoms with Crippen molar-refractivity contribution in [2.24, 2.45) is 0 Å². The van der Waals surface area contributed by atoms with Crippen molar-refractivity contribution in [3.05, 3.63) is 52.5 Å². The molecule has 4 rings (SSSR count). The zero-order chi connectivity index (χ0) is 16.1. The molecule has 0 radical (unpaired) electrons. The van der Waals surface area contributed by atoms with Gasteiger partial charge in [-0.1, -0.05) is 22.0 Å². The van der Waals surface area contributed by atoms with E-state index in [1.54, 1.807) is 12.1 Å². The third kappa shape index (κ3) is 2.28. The number of ketones is 1. The maximum atomic E-state index is 11.8. The first-order valence-corrected chi connectivity index (χ1v) is 8.62. The summed E-state index contributed by atoms with van der Waals surface area (Å²) in [6.45, 7) is 2.00. The van der Waals surface area contributed by atoms with Gasteiger partial charge in [0.2, 0.25) is 0 Å². The van der Waals surface area contributed by atoms with Crippen LogP contribution in [0.5, 0.6) is 5.75 Å². The first-order chi connectivity index (χ1) is 11.1. The Morgan fingerprint density at radius 2 is 2.09 bits per heavy atom. The van der Waals surface area contributed by atoms with E-state index < -0.39 is 0 Å². The number of carbonyl (C=O) groups excluding carboxylic acids is 1. The number of ether oxygens (including phenoxy) is 1. The Kier molecular flexibility index (Phi) is 3.47. The summed E-state index contributed by atoms with van der Waals surface area (Å²) in [7, 11) is 0. The molecule has 0 aliphatic carbocycles. The van der Waals surface area contributed by atoms with Crippen LogP contribution in [0.4, 0.5) is 0 Å². The second kappa shape index (κ2) is 5.39. The first kappa shape index (κ1) is 14.8. The van der Waals surface area contributed by atoms with Crippen molar-refractivity contribution < 1.29 is 9.53 Å². The molecule has 0 bridgehead atoms. The molecule has 0 N–H and O–H groups in total. The van der Waals surface area contributed by atoms with Gasteiger partial charge in [0.15, 0.2) is 12.0 Å². The van der Waals surface area contributed by atoms with E-state index in [2.05, 4.69) is 38.7 Å². The quantitative estimate of drug-likeness (QED) is 0.433. The Morgan fingerprint density at radius 1 is 1.26 bits per heavy atom. The summed E-state index contributed by atoms with van der Waals surface area (Å²) in [6.07, 6.45) is -0.141. The van der Waals surface area contributed by atoms with Crippen LogP contribution in [-0.2, 0) is 0 Å². The number of nitrogens with zero attached hydrogens (tertiary/aromatic N) is 1. The Balaban J connectivity index is 1.94. The largest absolute Gasteiger partial charge is 0.470 e. The molecule has 1 aliphatic rings. The Bertz CT molecular complexity index is 948. The highest BCUT2D eigenvalue weighted by molar-refractivity contribution is 9.10. The zero-order valence-electron chi connectivity index (χ0n) is 12.3. The number of fused-ring (bicyclic) bond motifs is 5. The van der Waals surface area contributed by atoms with Gasteiger partial charge in [0, 0.05) is 21.0 Å². The van der Waals surface area contributed by atoms with Gasteiger partial charge >= 0.3 is 0 Å². The van der Waals surface area contributed by atoms with Gasteiger partial charge in [-0.05, 0) is 43.3 Å². The second-order valence-corrected chi connectivity index (χ2v) is 6.77. The lowest BCUT2D eigenvalue weighted by Gasteiger charge is -2.27. The zero-order valence-corrected chi connectivity index (χ0v) is 14.7. The molecule has 1 aromatic heterocycles. The molecule has 3 aromatic rings. The maximum absolute atomic E-state index is 11.8. The van der Waals surface area contributed by atoms with Gasteiger partial charge in [0.05, 0.1) is 17.1 Å². The molecule has 23 heavy (non-hydrogen) atoms. The van der Waals surface area contributed by atoms with Gasteiger partial charge in [-0.15, -0.1) is 11.6 Å². The summed E-state index contributed by atoms with van der Waals surface area (Å²) in [6, 6.07) is 13.9. The van der Waals surface area contributed by atoms with Crippen LogP contribution in [0, 0.1) is 0 Å². The molecule has 5 heteroatoms. The van der Waals surface area contributed by atoms with Crippen LogP contribution in [0.15, 0.2) is 46.9 Å². The van der Waals surface area contributed by atoms with Crippen molar-refractivity contribution in [2.75, 3.05) is 5.88 Å². The number of carbonyl (C=O) groups is 1. The van der Waals surface area contributed by atoms with Gasteiger partial charge < -0.3 is 9.30 Å². The number of benzene rings is 2. The summed E-state index contributed by atoms with van der Waals surface area (Å²) < 4.78 is 9.27. The van der Waals surface area contributed by atoms with Gasteiger partial charge in [-0.3, -0.25) is 4.79 Å². The molecule has 1 unspecified atom stereocenters. The molecule has 2 aromatic carbocycles. The fraction of sp³-hybridized carbons (Fsp3) is 0.167. The predicted molar refractivity (Wildman–Crippen MR) is 95.5 cm³/mol. The minimum absolute atomic E-state index is 0.0252. The third-order valence-corrected chi connectivity index (χ3v) is 4.90. The summed E-state index contributed by atoms with van der Waals surface area (Å²) in [5, 5.41) is 1.15. The van der Waals surface area contributed by atoms with Gasteiger partial charge in [0.25, 0.3) is 0 Å². The summed E-state index contributed by atoms with van der Waals surface area (Å²) in [4.78, 5) is 11.8. The van der Waals surface area contributed by atoms with E-state index >= 15 is 0 Å². The van der Waals surface area contributed by atoms with Crippen LogP contribution < -0.4 is 4.74 Å². The average Bonchev–Trinajstić information content (AvgIpc) is 2.92. The van der Waals surface area contributed by atoms with Crippen molar-refractivity contribution in [1.29, 1.82) is 0 Å². The average molecular weight is 391 g/mol. The SMILES string of the molecule is CC1Oc2cc(C(=O)CCl)ccc2-c2cc3cc(Br)ccc3n21. The van der Waals surface area contributed by atoms with E-state index in [0.29, 0.717) is 5.56 Å². The maximum Gasteiger partial charge on any atom is 0.177 e. The number of aromatic nitrogens is 1. The van der Waals surface area contributed by atoms with E-state index in [-0.39, 0.29) is 17.9 Å². The van der Waals surface area contributed by atoms with Crippen molar-refractivity contribution in [3.8, 4) is 17.0 Å². The summed E-state index contributed by atoms with van der Waals surface area (Å²) >= 11 is 9.16. The van der Waals surface area contributed by atoms with Crippen LogP contribution >= 0.6 is 27.5 Å². The Hall–Kier alpha value is -1.78. The van der Waals surface area contributed by atoms with Gasteiger partial charge in [0.1, 0.15) is 5.75 Å². The normalized spacial score (nSPS) is 15.9. The van der Waals surface area contributed by atoms with Crippen molar-refractivity contribution in [3.63, 3.8) is 0 Å². The molecule has 0 spiro atoms. The third-order valence-electron chi connectivity index (χ3n) is 4.16. The highest BCUT2D eigenvalue weighted by Crippen LogP contribution is 2.42. The van der Waals surface area contributed by atoms with Crippen LogP contribution in [0.25, 0.3) is 22.2 Å². The topological polar surface area (TPSA) is 31.2 Å². The summed E-state index contributed by atoms with van der Waals surface area (Å²) in [5.41, 5.74) is 3.79. The molecular formula is C18H13BrClNO2. The highest BCUT2D eigenvalue weighted by Gasteiger charge is 2.25.